The summed E-state index contributed by atoms with van der Waals surface area (Å²) in [4.78, 5) is 2.83. The molecule has 2 heteroatoms. The van der Waals surface area contributed by atoms with Gasteiger partial charge in [-0.2, -0.15) is 0 Å². The van der Waals surface area contributed by atoms with Gasteiger partial charge in [0.25, 0.3) is 0 Å². The molecule has 2 N–H and O–H groups in total. The summed E-state index contributed by atoms with van der Waals surface area (Å²) in [5.74, 6) is 1.72. The van der Waals surface area contributed by atoms with E-state index in [1.54, 1.807) is 0 Å². The zero-order chi connectivity index (χ0) is 12.3. The number of hydrogen-bond donors (Lipinski definition) is 1. The van der Waals surface area contributed by atoms with Crippen molar-refractivity contribution in [2.24, 2.45) is 17.6 Å². The zero-order valence-corrected chi connectivity index (χ0v) is 11.7. The van der Waals surface area contributed by atoms with Crippen LogP contribution in [0.3, 0.4) is 0 Å². The van der Waals surface area contributed by atoms with Crippen molar-refractivity contribution in [2.75, 3.05) is 13.1 Å². The van der Waals surface area contributed by atoms with Crippen LogP contribution in [0.5, 0.6) is 0 Å². The van der Waals surface area contributed by atoms with Crippen molar-refractivity contribution in [3.63, 3.8) is 0 Å². The largest absolute Gasteiger partial charge is 0.330 e. The second-order valence-corrected chi connectivity index (χ2v) is 5.99. The molecule has 0 aromatic carbocycles. The van der Waals surface area contributed by atoms with Crippen LogP contribution in [0.15, 0.2) is 0 Å². The van der Waals surface area contributed by atoms with E-state index in [9.17, 15) is 0 Å². The van der Waals surface area contributed by atoms with Gasteiger partial charge in [-0.25, -0.2) is 0 Å². The summed E-state index contributed by atoms with van der Waals surface area (Å²) >= 11 is 0. The Labute approximate surface area is 107 Å². The first kappa shape index (κ1) is 13.4. The SMILES string of the molecule is CCC1CCCC1N(CC)C1CCCC1CN. The Hall–Kier alpha value is -0.0800. The van der Waals surface area contributed by atoms with Crippen molar-refractivity contribution >= 4 is 0 Å². The molecule has 0 radical (unpaired) electrons. The molecular weight excluding hydrogens is 208 g/mol. The third-order valence-corrected chi connectivity index (χ3v) is 5.28. The van der Waals surface area contributed by atoms with E-state index in [2.05, 4.69) is 18.7 Å². The van der Waals surface area contributed by atoms with Gasteiger partial charge in [0.1, 0.15) is 0 Å². The molecule has 4 unspecified atom stereocenters. The van der Waals surface area contributed by atoms with Crippen molar-refractivity contribution in [1.82, 2.24) is 4.90 Å². The fourth-order valence-electron chi connectivity index (χ4n) is 4.37. The highest BCUT2D eigenvalue weighted by Gasteiger charge is 2.38. The average molecular weight is 238 g/mol. The number of nitrogens with two attached hydrogens (primary N) is 1. The van der Waals surface area contributed by atoms with Gasteiger partial charge < -0.3 is 5.73 Å². The van der Waals surface area contributed by atoms with E-state index < -0.39 is 0 Å². The van der Waals surface area contributed by atoms with Crippen molar-refractivity contribution in [3.05, 3.63) is 0 Å². The minimum absolute atomic E-state index is 0.771. The molecule has 0 aromatic heterocycles. The maximum Gasteiger partial charge on any atom is 0.0138 e. The summed E-state index contributed by atoms with van der Waals surface area (Å²) in [5.41, 5.74) is 5.96. The lowest BCUT2D eigenvalue weighted by molar-refractivity contribution is 0.0890. The monoisotopic (exact) mass is 238 g/mol. The van der Waals surface area contributed by atoms with Crippen LogP contribution in [0.1, 0.15) is 58.8 Å². The van der Waals surface area contributed by atoms with Crippen LogP contribution < -0.4 is 5.73 Å². The average Bonchev–Trinajstić information content (AvgIpc) is 2.98. The van der Waals surface area contributed by atoms with Crippen LogP contribution in [-0.4, -0.2) is 30.1 Å². The topological polar surface area (TPSA) is 29.3 Å². The Morgan fingerprint density at radius 1 is 0.941 bits per heavy atom. The van der Waals surface area contributed by atoms with E-state index in [4.69, 9.17) is 5.73 Å². The van der Waals surface area contributed by atoms with Crippen LogP contribution >= 0.6 is 0 Å². The number of nitrogens with zero attached hydrogens (tertiary/aromatic N) is 1. The van der Waals surface area contributed by atoms with Crippen LogP contribution in [0.25, 0.3) is 0 Å². The smallest absolute Gasteiger partial charge is 0.0138 e. The van der Waals surface area contributed by atoms with E-state index in [-0.39, 0.29) is 0 Å². The predicted molar refractivity (Wildman–Crippen MR) is 74.0 cm³/mol. The van der Waals surface area contributed by atoms with Gasteiger partial charge in [0, 0.05) is 12.1 Å². The van der Waals surface area contributed by atoms with Crippen LogP contribution in [-0.2, 0) is 0 Å². The van der Waals surface area contributed by atoms with Crippen molar-refractivity contribution in [2.45, 2.75) is 70.9 Å². The maximum absolute atomic E-state index is 5.96. The highest BCUT2D eigenvalue weighted by Crippen LogP contribution is 2.38. The van der Waals surface area contributed by atoms with Gasteiger partial charge in [-0.05, 0) is 50.6 Å². The summed E-state index contributed by atoms with van der Waals surface area (Å²) < 4.78 is 0. The highest BCUT2D eigenvalue weighted by molar-refractivity contribution is 4.93. The van der Waals surface area contributed by atoms with E-state index in [0.717, 1.165) is 30.5 Å². The van der Waals surface area contributed by atoms with E-state index >= 15 is 0 Å². The molecule has 2 aliphatic rings. The fourth-order valence-corrected chi connectivity index (χ4v) is 4.37. The molecule has 2 aliphatic carbocycles. The molecule has 0 amide bonds. The Kier molecular flexibility index (Phi) is 4.87. The Morgan fingerprint density at radius 3 is 2.06 bits per heavy atom. The van der Waals surface area contributed by atoms with Gasteiger partial charge in [0.05, 0.1) is 0 Å². The van der Waals surface area contributed by atoms with Gasteiger partial charge >= 0.3 is 0 Å². The molecule has 2 nitrogen and oxygen atoms in total. The van der Waals surface area contributed by atoms with Gasteiger partial charge in [-0.1, -0.05) is 33.1 Å². The second-order valence-electron chi connectivity index (χ2n) is 5.99. The van der Waals surface area contributed by atoms with E-state index in [1.807, 2.05) is 0 Å². The predicted octanol–water partition coefficient (Wildman–Crippen LogP) is 3.01. The maximum atomic E-state index is 5.96. The fraction of sp³-hybridized carbons (Fsp3) is 1.00. The molecule has 2 fully saturated rings. The Bertz CT molecular complexity index is 207. The minimum atomic E-state index is 0.771. The first-order valence-electron chi connectivity index (χ1n) is 7.77. The molecular formula is C15H30N2. The minimum Gasteiger partial charge on any atom is -0.330 e. The highest BCUT2D eigenvalue weighted by atomic mass is 15.2. The molecule has 0 heterocycles. The first-order valence-corrected chi connectivity index (χ1v) is 7.77. The third-order valence-electron chi connectivity index (χ3n) is 5.28. The van der Waals surface area contributed by atoms with Crippen LogP contribution in [0, 0.1) is 11.8 Å². The normalized spacial score (nSPS) is 38.1. The zero-order valence-electron chi connectivity index (χ0n) is 11.7. The molecule has 0 bridgehead atoms. The van der Waals surface area contributed by atoms with Gasteiger partial charge in [-0.3, -0.25) is 4.90 Å². The van der Waals surface area contributed by atoms with E-state index in [1.165, 1.54) is 51.5 Å². The molecule has 0 aliphatic heterocycles. The molecule has 2 saturated carbocycles. The lowest BCUT2D eigenvalue weighted by atomic mass is 9.94. The summed E-state index contributed by atoms with van der Waals surface area (Å²) in [5, 5.41) is 0. The molecule has 17 heavy (non-hydrogen) atoms. The molecule has 100 valence electrons. The third kappa shape index (κ3) is 2.68. The van der Waals surface area contributed by atoms with Gasteiger partial charge in [-0.15, -0.1) is 0 Å². The second kappa shape index (κ2) is 6.19. The summed E-state index contributed by atoms with van der Waals surface area (Å²) in [6.45, 7) is 6.83. The number of rotatable bonds is 5. The van der Waals surface area contributed by atoms with Crippen LogP contribution in [0.2, 0.25) is 0 Å². The van der Waals surface area contributed by atoms with Gasteiger partial charge in [0.2, 0.25) is 0 Å². The van der Waals surface area contributed by atoms with Crippen LogP contribution in [0.4, 0.5) is 0 Å². The summed E-state index contributed by atoms with van der Waals surface area (Å²) in [7, 11) is 0. The first-order chi connectivity index (χ1) is 8.31. The molecule has 0 spiro atoms. The quantitative estimate of drug-likeness (QED) is 0.798. The Balaban J connectivity index is 2.04. The molecule has 0 saturated heterocycles. The Morgan fingerprint density at radius 2 is 1.53 bits per heavy atom. The van der Waals surface area contributed by atoms with Crippen molar-refractivity contribution < 1.29 is 0 Å². The van der Waals surface area contributed by atoms with Crippen molar-refractivity contribution in [1.29, 1.82) is 0 Å². The van der Waals surface area contributed by atoms with Gasteiger partial charge in [0.15, 0.2) is 0 Å². The lowest BCUT2D eigenvalue weighted by Crippen LogP contribution is -2.47. The van der Waals surface area contributed by atoms with Crippen molar-refractivity contribution in [3.8, 4) is 0 Å². The standard InChI is InChI=1S/C15H30N2/c1-3-12-7-5-9-14(12)17(4-2)15-10-6-8-13(15)11-16/h12-15H,3-11,16H2,1-2H3. The molecule has 2 rings (SSSR count). The lowest BCUT2D eigenvalue weighted by Gasteiger charge is -2.39. The molecule has 4 atom stereocenters. The molecule has 0 aromatic rings. The number of hydrogen-bond acceptors (Lipinski definition) is 2. The summed E-state index contributed by atoms with van der Waals surface area (Å²) in [6.07, 6.45) is 9.84. The van der Waals surface area contributed by atoms with E-state index in [0.29, 0.717) is 0 Å². The summed E-state index contributed by atoms with van der Waals surface area (Å²) in [6, 6.07) is 1.66.